The molecule has 3 heteroatoms. The Morgan fingerprint density at radius 1 is 1.79 bits per heavy atom. The summed E-state index contributed by atoms with van der Waals surface area (Å²) in [6.07, 6.45) is 5.82. The summed E-state index contributed by atoms with van der Waals surface area (Å²) in [6, 6.07) is 2.23. The fourth-order valence-corrected chi connectivity index (χ4v) is 2.94. The highest BCUT2D eigenvalue weighted by molar-refractivity contribution is 5.69. The molecule has 0 spiro atoms. The summed E-state index contributed by atoms with van der Waals surface area (Å²) in [5.41, 5.74) is -0.851. The smallest absolute Gasteiger partial charge is 0.305 e. The van der Waals surface area contributed by atoms with Gasteiger partial charge in [0.25, 0.3) is 0 Å². The van der Waals surface area contributed by atoms with Gasteiger partial charge >= 0.3 is 5.97 Å². The standard InChI is InChI=1S/C11H13NO2/c1-10-4-2-3-8(10)5-11(10,7-12)6-9(13)14/h2,4,8H,3,5-6H2,1H3,(H,13,14)/t8-,10-,11-/m0/s1. The number of nitriles is 1. The minimum atomic E-state index is -0.869. The average molecular weight is 191 g/mol. The van der Waals surface area contributed by atoms with Gasteiger partial charge in [0.15, 0.2) is 0 Å². The number of allylic oxidation sites excluding steroid dienone is 2. The van der Waals surface area contributed by atoms with Crippen molar-refractivity contribution in [3.8, 4) is 6.07 Å². The SMILES string of the molecule is C[C@]12C=CC[C@H]1C[C@@]2(C#N)CC(=O)O. The molecule has 0 radical (unpaired) electrons. The predicted octanol–water partition coefficient (Wildman–Crippen LogP) is 1.96. The first-order valence-corrected chi connectivity index (χ1v) is 4.85. The van der Waals surface area contributed by atoms with Crippen LogP contribution < -0.4 is 0 Å². The molecule has 74 valence electrons. The Hall–Kier alpha value is -1.30. The first kappa shape index (κ1) is 9.26. The minimum Gasteiger partial charge on any atom is -0.481 e. The van der Waals surface area contributed by atoms with Gasteiger partial charge in [-0.3, -0.25) is 4.79 Å². The van der Waals surface area contributed by atoms with E-state index in [0.717, 1.165) is 12.8 Å². The molecular formula is C11H13NO2. The van der Waals surface area contributed by atoms with Gasteiger partial charge in [0.2, 0.25) is 0 Å². The van der Waals surface area contributed by atoms with Crippen LogP contribution in [-0.2, 0) is 4.79 Å². The molecule has 0 aromatic heterocycles. The normalized spacial score (nSPS) is 43.9. The first-order valence-electron chi connectivity index (χ1n) is 4.85. The van der Waals surface area contributed by atoms with Crippen molar-refractivity contribution >= 4 is 5.97 Å². The van der Waals surface area contributed by atoms with Gasteiger partial charge in [-0.05, 0) is 18.8 Å². The lowest BCUT2D eigenvalue weighted by Gasteiger charge is -2.55. The first-order chi connectivity index (χ1) is 6.54. The zero-order valence-corrected chi connectivity index (χ0v) is 8.16. The molecule has 0 amide bonds. The zero-order chi connectivity index (χ0) is 10.4. The second-order valence-corrected chi connectivity index (χ2v) is 4.59. The van der Waals surface area contributed by atoms with Crippen LogP contribution in [0, 0.1) is 28.1 Å². The molecule has 0 aromatic rings. The van der Waals surface area contributed by atoms with E-state index in [0.29, 0.717) is 5.92 Å². The van der Waals surface area contributed by atoms with E-state index in [-0.39, 0.29) is 11.8 Å². The van der Waals surface area contributed by atoms with Crippen LogP contribution >= 0.6 is 0 Å². The van der Waals surface area contributed by atoms with Crippen LogP contribution in [0.25, 0.3) is 0 Å². The highest BCUT2D eigenvalue weighted by Crippen LogP contribution is 2.66. The maximum absolute atomic E-state index is 10.7. The highest BCUT2D eigenvalue weighted by atomic mass is 16.4. The molecule has 0 aliphatic heterocycles. The summed E-state index contributed by atoms with van der Waals surface area (Å²) in [5, 5.41) is 18.0. The van der Waals surface area contributed by atoms with Crippen LogP contribution in [0.15, 0.2) is 12.2 Å². The lowest BCUT2D eigenvalue weighted by atomic mass is 9.45. The molecule has 2 rings (SSSR count). The van der Waals surface area contributed by atoms with Crippen molar-refractivity contribution in [3.63, 3.8) is 0 Å². The van der Waals surface area contributed by atoms with Gasteiger partial charge in [-0.25, -0.2) is 0 Å². The van der Waals surface area contributed by atoms with Gasteiger partial charge < -0.3 is 5.11 Å². The number of carboxylic acid groups (broad SMARTS) is 1. The largest absolute Gasteiger partial charge is 0.481 e. The number of fused-ring (bicyclic) bond motifs is 1. The number of carboxylic acids is 1. The summed E-state index contributed by atoms with van der Waals surface area (Å²) in [6.45, 7) is 2.01. The number of rotatable bonds is 2. The quantitative estimate of drug-likeness (QED) is 0.678. The fraction of sp³-hybridized carbons (Fsp3) is 0.636. The van der Waals surface area contributed by atoms with Gasteiger partial charge in [0, 0.05) is 5.41 Å². The number of hydrogen-bond acceptors (Lipinski definition) is 2. The van der Waals surface area contributed by atoms with Crippen LogP contribution in [0.2, 0.25) is 0 Å². The molecule has 1 saturated carbocycles. The molecule has 0 bridgehead atoms. The summed E-state index contributed by atoms with van der Waals surface area (Å²) in [7, 11) is 0. The fourth-order valence-electron chi connectivity index (χ4n) is 2.94. The Bertz CT molecular complexity index is 355. The van der Waals surface area contributed by atoms with E-state index in [1.54, 1.807) is 0 Å². The monoisotopic (exact) mass is 191 g/mol. The number of hydrogen-bond donors (Lipinski definition) is 1. The summed E-state index contributed by atoms with van der Waals surface area (Å²) in [4.78, 5) is 10.7. The van der Waals surface area contributed by atoms with Gasteiger partial charge in [-0.1, -0.05) is 19.1 Å². The van der Waals surface area contributed by atoms with E-state index < -0.39 is 11.4 Å². The lowest BCUT2D eigenvalue weighted by molar-refractivity contribution is -0.146. The predicted molar refractivity (Wildman–Crippen MR) is 50.3 cm³/mol. The number of aliphatic carboxylic acids is 1. The number of carbonyl (C=O) groups is 1. The van der Waals surface area contributed by atoms with Crippen molar-refractivity contribution in [3.05, 3.63) is 12.2 Å². The van der Waals surface area contributed by atoms with E-state index in [1.165, 1.54) is 0 Å². The maximum Gasteiger partial charge on any atom is 0.305 e. The van der Waals surface area contributed by atoms with Crippen molar-refractivity contribution in [1.29, 1.82) is 5.26 Å². The highest BCUT2D eigenvalue weighted by Gasteiger charge is 2.63. The van der Waals surface area contributed by atoms with E-state index in [4.69, 9.17) is 10.4 Å². The van der Waals surface area contributed by atoms with Crippen molar-refractivity contribution in [1.82, 2.24) is 0 Å². The molecular weight excluding hydrogens is 178 g/mol. The molecule has 0 unspecified atom stereocenters. The molecule has 0 saturated heterocycles. The van der Waals surface area contributed by atoms with Crippen LogP contribution in [0.1, 0.15) is 26.2 Å². The molecule has 0 heterocycles. The van der Waals surface area contributed by atoms with Crippen molar-refractivity contribution in [2.75, 3.05) is 0 Å². The van der Waals surface area contributed by atoms with Crippen LogP contribution in [0.3, 0.4) is 0 Å². The third-order valence-corrected chi connectivity index (χ3v) is 4.03. The second kappa shape index (κ2) is 2.60. The van der Waals surface area contributed by atoms with Gasteiger partial charge in [0.1, 0.15) is 0 Å². The summed E-state index contributed by atoms with van der Waals surface area (Å²) < 4.78 is 0. The van der Waals surface area contributed by atoms with Gasteiger partial charge in [-0.15, -0.1) is 0 Å². The third kappa shape index (κ3) is 0.886. The molecule has 2 aliphatic carbocycles. The van der Waals surface area contributed by atoms with Crippen LogP contribution in [0.5, 0.6) is 0 Å². The van der Waals surface area contributed by atoms with E-state index >= 15 is 0 Å². The molecule has 1 fully saturated rings. The topological polar surface area (TPSA) is 61.1 Å². The van der Waals surface area contributed by atoms with Crippen LogP contribution in [-0.4, -0.2) is 11.1 Å². The molecule has 14 heavy (non-hydrogen) atoms. The Labute approximate surface area is 83.0 Å². The molecule has 1 N–H and O–H groups in total. The third-order valence-electron chi connectivity index (χ3n) is 4.03. The number of nitrogens with zero attached hydrogens (tertiary/aromatic N) is 1. The maximum atomic E-state index is 10.7. The minimum absolute atomic E-state index is 0.0269. The van der Waals surface area contributed by atoms with E-state index in [9.17, 15) is 4.79 Å². The summed E-state index contributed by atoms with van der Waals surface area (Å²) >= 11 is 0. The van der Waals surface area contributed by atoms with Crippen molar-refractivity contribution < 1.29 is 9.90 Å². The molecule has 3 atom stereocenters. The van der Waals surface area contributed by atoms with Crippen molar-refractivity contribution in [2.24, 2.45) is 16.7 Å². The average Bonchev–Trinajstić information content (AvgIpc) is 2.41. The second-order valence-electron chi connectivity index (χ2n) is 4.59. The molecule has 0 aromatic carbocycles. The zero-order valence-electron chi connectivity index (χ0n) is 8.16. The van der Waals surface area contributed by atoms with E-state index in [2.05, 4.69) is 12.1 Å². The van der Waals surface area contributed by atoms with Crippen molar-refractivity contribution in [2.45, 2.75) is 26.2 Å². The van der Waals surface area contributed by atoms with Crippen LogP contribution in [0.4, 0.5) is 0 Å². The summed E-state index contributed by atoms with van der Waals surface area (Å²) in [5.74, 6) is -0.381. The van der Waals surface area contributed by atoms with Gasteiger partial charge in [-0.2, -0.15) is 5.26 Å². The Morgan fingerprint density at radius 2 is 2.50 bits per heavy atom. The molecule has 3 nitrogen and oxygen atoms in total. The van der Waals surface area contributed by atoms with E-state index in [1.807, 2.05) is 13.0 Å². The Balaban J connectivity index is 2.29. The Kier molecular flexibility index (Phi) is 1.72. The molecule has 2 aliphatic rings. The lowest BCUT2D eigenvalue weighted by Crippen LogP contribution is -2.53. The Morgan fingerprint density at radius 3 is 3.00 bits per heavy atom. The van der Waals surface area contributed by atoms with Gasteiger partial charge in [0.05, 0.1) is 17.9 Å².